The van der Waals surface area contributed by atoms with Gasteiger partial charge in [-0.05, 0) is 25.1 Å². The van der Waals surface area contributed by atoms with Crippen LogP contribution in [0.15, 0.2) is 30.3 Å². The molecule has 0 heterocycles. The van der Waals surface area contributed by atoms with Gasteiger partial charge in [0.2, 0.25) is 0 Å². The Kier molecular flexibility index (Phi) is 6.89. The molecule has 0 amide bonds. The zero-order chi connectivity index (χ0) is 12.3. The number of unbranched alkanes of at least 4 members (excludes halogenated alkanes) is 1. The minimum absolute atomic E-state index is 0.298. The molecule has 0 saturated carbocycles. The summed E-state index contributed by atoms with van der Waals surface area (Å²) in [7, 11) is 0. The largest absolute Gasteiger partial charge is 0.491 e. The molecule has 17 heavy (non-hydrogen) atoms. The molecule has 1 rings (SSSR count). The van der Waals surface area contributed by atoms with Gasteiger partial charge in [-0.2, -0.15) is 0 Å². The minimum atomic E-state index is -0.499. The van der Waals surface area contributed by atoms with Crippen LogP contribution in [0, 0.1) is 12.3 Å². The van der Waals surface area contributed by atoms with E-state index in [4.69, 9.17) is 11.2 Å². The van der Waals surface area contributed by atoms with E-state index in [9.17, 15) is 5.11 Å². The number of aliphatic hydroxyl groups excluding tert-OH is 1. The molecule has 0 fully saturated rings. The average molecular weight is 233 g/mol. The Morgan fingerprint density at radius 3 is 2.82 bits per heavy atom. The van der Waals surface area contributed by atoms with Crippen LogP contribution in [0.1, 0.15) is 12.8 Å². The fourth-order valence-electron chi connectivity index (χ4n) is 1.35. The highest BCUT2D eigenvalue weighted by Gasteiger charge is 2.03. The van der Waals surface area contributed by atoms with E-state index < -0.39 is 6.10 Å². The fraction of sp³-hybridized carbons (Fsp3) is 0.429. The Morgan fingerprint density at radius 2 is 2.12 bits per heavy atom. The van der Waals surface area contributed by atoms with Crippen molar-refractivity contribution in [3.63, 3.8) is 0 Å². The summed E-state index contributed by atoms with van der Waals surface area (Å²) >= 11 is 0. The zero-order valence-corrected chi connectivity index (χ0v) is 9.93. The van der Waals surface area contributed by atoms with Crippen LogP contribution in [0.2, 0.25) is 0 Å². The summed E-state index contributed by atoms with van der Waals surface area (Å²) in [4.78, 5) is 0. The SMILES string of the molecule is C#CCCCNCC(O)COc1ccccc1. The summed E-state index contributed by atoms with van der Waals surface area (Å²) < 4.78 is 5.42. The third kappa shape index (κ3) is 6.62. The molecule has 1 aromatic carbocycles. The van der Waals surface area contributed by atoms with Crippen LogP contribution in [0.25, 0.3) is 0 Å². The van der Waals surface area contributed by atoms with Gasteiger partial charge in [0.05, 0.1) is 0 Å². The molecule has 0 aliphatic rings. The van der Waals surface area contributed by atoms with Crippen LogP contribution in [0.4, 0.5) is 0 Å². The topological polar surface area (TPSA) is 41.5 Å². The Hall–Kier alpha value is -1.50. The molecule has 3 nitrogen and oxygen atoms in total. The van der Waals surface area contributed by atoms with Crippen molar-refractivity contribution in [2.45, 2.75) is 18.9 Å². The van der Waals surface area contributed by atoms with Crippen LogP contribution in [0.3, 0.4) is 0 Å². The molecule has 1 aromatic rings. The van der Waals surface area contributed by atoms with Crippen molar-refractivity contribution in [2.75, 3.05) is 19.7 Å². The second-order valence-electron chi connectivity index (χ2n) is 3.79. The van der Waals surface area contributed by atoms with Gasteiger partial charge in [-0.15, -0.1) is 12.3 Å². The number of terminal acetylenes is 1. The van der Waals surface area contributed by atoms with E-state index in [1.54, 1.807) is 0 Å². The Morgan fingerprint density at radius 1 is 1.35 bits per heavy atom. The molecule has 0 saturated heterocycles. The highest BCUT2D eigenvalue weighted by Crippen LogP contribution is 2.08. The Balaban J connectivity index is 2.05. The second-order valence-corrected chi connectivity index (χ2v) is 3.79. The second kappa shape index (κ2) is 8.63. The van der Waals surface area contributed by atoms with Crippen LogP contribution in [-0.4, -0.2) is 30.9 Å². The van der Waals surface area contributed by atoms with E-state index in [1.807, 2.05) is 30.3 Å². The lowest BCUT2D eigenvalue weighted by Gasteiger charge is -2.12. The van der Waals surface area contributed by atoms with Crippen molar-refractivity contribution in [1.82, 2.24) is 5.32 Å². The molecular weight excluding hydrogens is 214 g/mol. The van der Waals surface area contributed by atoms with E-state index in [0.29, 0.717) is 13.2 Å². The summed E-state index contributed by atoms with van der Waals surface area (Å²) in [6, 6.07) is 9.47. The summed E-state index contributed by atoms with van der Waals surface area (Å²) in [6.45, 7) is 1.65. The maximum atomic E-state index is 9.64. The number of para-hydroxylation sites is 1. The predicted octanol–water partition coefficient (Wildman–Crippen LogP) is 1.43. The molecule has 3 heteroatoms. The lowest BCUT2D eigenvalue weighted by molar-refractivity contribution is 0.106. The van der Waals surface area contributed by atoms with Crippen molar-refractivity contribution in [2.24, 2.45) is 0 Å². The number of nitrogens with one attached hydrogen (secondary N) is 1. The molecule has 0 aliphatic heterocycles. The predicted molar refractivity (Wildman–Crippen MR) is 68.9 cm³/mol. The first-order chi connectivity index (χ1) is 8.33. The summed E-state index contributed by atoms with van der Waals surface area (Å²) in [5.74, 6) is 3.35. The van der Waals surface area contributed by atoms with Gasteiger partial charge in [0.15, 0.2) is 0 Å². The first kappa shape index (κ1) is 13.6. The highest BCUT2D eigenvalue weighted by molar-refractivity contribution is 5.20. The van der Waals surface area contributed by atoms with Gasteiger partial charge in [-0.1, -0.05) is 18.2 Å². The number of hydrogen-bond acceptors (Lipinski definition) is 3. The minimum Gasteiger partial charge on any atom is -0.491 e. The van der Waals surface area contributed by atoms with Gasteiger partial charge in [0, 0.05) is 13.0 Å². The molecule has 92 valence electrons. The molecule has 0 aliphatic carbocycles. The summed E-state index contributed by atoms with van der Waals surface area (Å²) in [6.07, 6.45) is 6.34. The monoisotopic (exact) mass is 233 g/mol. The molecule has 1 atom stereocenters. The van der Waals surface area contributed by atoms with Gasteiger partial charge < -0.3 is 15.2 Å². The Bertz CT molecular complexity index is 332. The average Bonchev–Trinajstić information content (AvgIpc) is 2.37. The number of benzene rings is 1. The zero-order valence-electron chi connectivity index (χ0n) is 9.93. The molecular formula is C14H19NO2. The maximum absolute atomic E-state index is 9.64. The van der Waals surface area contributed by atoms with Crippen LogP contribution < -0.4 is 10.1 Å². The van der Waals surface area contributed by atoms with Crippen molar-refractivity contribution < 1.29 is 9.84 Å². The standard InChI is InChI=1S/C14H19NO2/c1-2-3-7-10-15-11-13(16)12-17-14-8-5-4-6-9-14/h1,4-6,8-9,13,15-16H,3,7,10-12H2. The van der Waals surface area contributed by atoms with Crippen molar-refractivity contribution in [1.29, 1.82) is 0 Å². The van der Waals surface area contributed by atoms with Crippen LogP contribution >= 0.6 is 0 Å². The number of aliphatic hydroxyl groups is 1. The van der Waals surface area contributed by atoms with E-state index in [2.05, 4.69) is 11.2 Å². The van der Waals surface area contributed by atoms with Gasteiger partial charge in [-0.25, -0.2) is 0 Å². The smallest absolute Gasteiger partial charge is 0.119 e. The van der Waals surface area contributed by atoms with Gasteiger partial charge in [0.1, 0.15) is 18.5 Å². The van der Waals surface area contributed by atoms with Crippen molar-refractivity contribution in [3.05, 3.63) is 30.3 Å². The lowest BCUT2D eigenvalue weighted by atomic mass is 10.3. The summed E-state index contributed by atoms with van der Waals surface area (Å²) in [5, 5.41) is 12.8. The molecule has 0 bridgehead atoms. The van der Waals surface area contributed by atoms with Crippen molar-refractivity contribution >= 4 is 0 Å². The van der Waals surface area contributed by atoms with Gasteiger partial charge in [0.25, 0.3) is 0 Å². The lowest BCUT2D eigenvalue weighted by Crippen LogP contribution is -2.31. The number of hydrogen-bond donors (Lipinski definition) is 2. The highest BCUT2D eigenvalue weighted by atomic mass is 16.5. The van der Waals surface area contributed by atoms with E-state index in [-0.39, 0.29) is 0 Å². The first-order valence-corrected chi connectivity index (χ1v) is 5.83. The number of ether oxygens (including phenoxy) is 1. The van der Waals surface area contributed by atoms with Crippen LogP contribution in [0.5, 0.6) is 5.75 Å². The summed E-state index contributed by atoms with van der Waals surface area (Å²) in [5.41, 5.74) is 0. The third-order valence-corrected chi connectivity index (χ3v) is 2.24. The van der Waals surface area contributed by atoms with E-state index in [0.717, 1.165) is 25.1 Å². The molecule has 0 radical (unpaired) electrons. The first-order valence-electron chi connectivity index (χ1n) is 5.83. The number of rotatable bonds is 8. The van der Waals surface area contributed by atoms with Crippen LogP contribution in [-0.2, 0) is 0 Å². The maximum Gasteiger partial charge on any atom is 0.119 e. The third-order valence-electron chi connectivity index (χ3n) is 2.24. The molecule has 0 spiro atoms. The van der Waals surface area contributed by atoms with E-state index in [1.165, 1.54) is 0 Å². The molecule has 2 N–H and O–H groups in total. The molecule has 1 unspecified atom stereocenters. The normalized spacial score (nSPS) is 11.8. The van der Waals surface area contributed by atoms with Crippen molar-refractivity contribution in [3.8, 4) is 18.1 Å². The molecule has 0 aromatic heterocycles. The van der Waals surface area contributed by atoms with E-state index >= 15 is 0 Å². The fourth-order valence-corrected chi connectivity index (χ4v) is 1.35. The van der Waals surface area contributed by atoms with Gasteiger partial charge >= 0.3 is 0 Å². The quantitative estimate of drug-likeness (QED) is 0.527. The van der Waals surface area contributed by atoms with Gasteiger partial charge in [-0.3, -0.25) is 0 Å². The Labute approximate surface area is 103 Å².